The third-order valence-electron chi connectivity index (χ3n) is 5.37. The van der Waals surface area contributed by atoms with Crippen LogP contribution in [0.1, 0.15) is 43.9 Å². The summed E-state index contributed by atoms with van der Waals surface area (Å²) in [5.74, 6) is 0.322. The summed E-state index contributed by atoms with van der Waals surface area (Å²) in [7, 11) is -3.64. The number of sulfonamides is 1. The fraction of sp³-hybridized carbons (Fsp3) is 0.381. The predicted molar refractivity (Wildman–Crippen MR) is 105 cm³/mol. The van der Waals surface area contributed by atoms with Gasteiger partial charge in [-0.3, -0.25) is 4.79 Å². The van der Waals surface area contributed by atoms with Crippen molar-refractivity contribution in [3.63, 3.8) is 0 Å². The van der Waals surface area contributed by atoms with Gasteiger partial charge in [-0.05, 0) is 62.4 Å². The SMILES string of the molecule is C[C@H](NS(=O)(=O)c1ccc2c(c1)C[C@@H](C)N2C(=O)C1CC1)c1ccccc1. The van der Waals surface area contributed by atoms with Crippen LogP contribution in [0, 0.1) is 5.92 Å². The van der Waals surface area contributed by atoms with Crippen LogP contribution in [0.2, 0.25) is 0 Å². The van der Waals surface area contributed by atoms with E-state index in [2.05, 4.69) is 4.72 Å². The van der Waals surface area contributed by atoms with Crippen molar-refractivity contribution in [1.29, 1.82) is 0 Å². The summed E-state index contributed by atoms with van der Waals surface area (Å²) in [5, 5.41) is 0. The Balaban J connectivity index is 1.58. The molecule has 1 amide bonds. The van der Waals surface area contributed by atoms with Gasteiger partial charge in [0.25, 0.3) is 0 Å². The first kappa shape index (κ1) is 18.2. The van der Waals surface area contributed by atoms with Crippen LogP contribution in [0.25, 0.3) is 0 Å². The number of hydrogen-bond donors (Lipinski definition) is 1. The summed E-state index contributed by atoms with van der Waals surface area (Å²) in [5.41, 5.74) is 2.69. The van der Waals surface area contributed by atoms with E-state index in [4.69, 9.17) is 0 Å². The van der Waals surface area contributed by atoms with Crippen molar-refractivity contribution in [3.8, 4) is 0 Å². The lowest BCUT2D eigenvalue weighted by Crippen LogP contribution is -2.36. The summed E-state index contributed by atoms with van der Waals surface area (Å²) < 4.78 is 28.4. The zero-order valence-corrected chi connectivity index (χ0v) is 16.4. The summed E-state index contributed by atoms with van der Waals surface area (Å²) in [4.78, 5) is 14.7. The van der Waals surface area contributed by atoms with E-state index in [0.717, 1.165) is 29.7 Å². The molecule has 1 heterocycles. The Morgan fingerprint density at radius 2 is 1.85 bits per heavy atom. The minimum absolute atomic E-state index is 0.0715. The van der Waals surface area contributed by atoms with Gasteiger partial charge < -0.3 is 4.90 Å². The summed E-state index contributed by atoms with van der Waals surface area (Å²) in [6.45, 7) is 3.85. The van der Waals surface area contributed by atoms with Crippen LogP contribution >= 0.6 is 0 Å². The molecular weight excluding hydrogens is 360 g/mol. The van der Waals surface area contributed by atoms with Crippen molar-refractivity contribution in [1.82, 2.24) is 4.72 Å². The van der Waals surface area contributed by atoms with Crippen molar-refractivity contribution < 1.29 is 13.2 Å². The maximum Gasteiger partial charge on any atom is 0.241 e. The second-order valence-electron chi connectivity index (χ2n) is 7.58. The third-order valence-corrected chi connectivity index (χ3v) is 6.91. The molecule has 0 bridgehead atoms. The number of benzene rings is 2. The molecule has 6 heteroatoms. The molecule has 1 N–H and O–H groups in total. The minimum Gasteiger partial charge on any atom is -0.309 e. The molecule has 27 heavy (non-hydrogen) atoms. The monoisotopic (exact) mass is 384 g/mol. The Morgan fingerprint density at radius 1 is 1.15 bits per heavy atom. The van der Waals surface area contributed by atoms with Gasteiger partial charge in [0.1, 0.15) is 0 Å². The van der Waals surface area contributed by atoms with E-state index >= 15 is 0 Å². The van der Waals surface area contributed by atoms with Crippen LogP contribution in [0.3, 0.4) is 0 Å². The van der Waals surface area contributed by atoms with Crippen molar-refractivity contribution in [2.24, 2.45) is 5.92 Å². The molecule has 142 valence electrons. The zero-order valence-electron chi connectivity index (χ0n) is 15.6. The summed E-state index contributed by atoms with van der Waals surface area (Å²) in [6, 6.07) is 14.3. The molecule has 1 aliphatic heterocycles. The number of amides is 1. The number of nitrogens with one attached hydrogen (secondary N) is 1. The molecule has 0 radical (unpaired) electrons. The largest absolute Gasteiger partial charge is 0.309 e. The molecule has 0 saturated heterocycles. The maximum atomic E-state index is 12.8. The van der Waals surface area contributed by atoms with Gasteiger partial charge in [0, 0.05) is 23.7 Å². The maximum absolute atomic E-state index is 12.8. The zero-order chi connectivity index (χ0) is 19.2. The molecule has 2 aromatic carbocycles. The van der Waals surface area contributed by atoms with E-state index < -0.39 is 10.0 Å². The first-order valence-corrected chi connectivity index (χ1v) is 10.9. The van der Waals surface area contributed by atoms with Crippen LogP contribution in [0.15, 0.2) is 53.4 Å². The lowest BCUT2D eigenvalue weighted by atomic mass is 10.1. The molecular formula is C21H24N2O3S. The van der Waals surface area contributed by atoms with Crippen LogP contribution in [0.4, 0.5) is 5.69 Å². The standard InChI is InChI=1S/C21H24N2O3S/c1-14-12-18-13-19(10-11-20(18)23(14)21(24)17-8-9-17)27(25,26)22-15(2)16-6-4-3-5-7-16/h3-7,10-11,13-15,17,22H,8-9,12H2,1-2H3/t14-,15+/m1/s1. The van der Waals surface area contributed by atoms with Gasteiger partial charge in [0.15, 0.2) is 0 Å². The van der Waals surface area contributed by atoms with Crippen molar-refractivity contribution in [3.05, 3.63) is 59.7 Å². The Kier molecular flexibility index (Phi) is 4.56. The summed E-state index contributed by atoms with van der Waals surface area (Å²) >= 11 is 0. The topological polar surface area (TPSA) is 66.5 Å². The molecule has 0 unspecified atom stereocenters. The Morgan fingerprint density at radius 3 is 2.52 bits per heavy atom. The molecule has 0 spiro atoms. The second-order valence-corrected chi connectivity index (χ2v) is 9.29. The number of fused-ring (bicyclic) bond motifs is 1. The fourth-order valence-corrected chi connectivity index (χ4v) is 5.03. The fourth-order valence-electron chi connectivity index (χ4n) is 3.75. The molecule has 1 saturated carbocycles. The van der Waals surface area contributed by atoms with E-state index in [9.17, 15) is 13.2 Å². The highest BCUT2D eigenvalue weighted by Crippen LogP contribution is 2.39. The highest BCUT2D eigenvalue weighted by Gasteiger charge is 2.39. The van der Waals surface area contributed by atoms with Gasteiger partial charge in [-0.2, -0.15) is 0 Å². The van der Waals surface area contributed by atoms with Gasteiger partial charge >= 0.3 is 0 Å². The molecule has 2 aromatic rings. The van der Waals surface area contributed by atoms with Gasteiger partial charge in [-0.1, -0.05) is 30.3 Å². The number of carbonyl (C=O) groups excluding carboxylic acids is 1. The molecule has 5 nitrogen and oxygen atoms in total. The second kappa shape index (κ2) is 6.77. The third kappa shape index (κ3) is 3.51. The van der Waals surface area contributed by atoms with Crippen molar-refractivity contribution in [2.45, 2.75) is 50.1 Å². The van der Waals surface area contributed by atoms with Gasteiger partial charge in [0.05, 0.1) is 4.90 Å². The van der Waals surface area contributed by atoms with Gasteiger partial charge in [-0.25, -0.2) is 13.1 Å². The van der Waals surface area contributed by atoms with E-state index in [1.165, 1.54) is 0 Å². The molecule has 2 aliphatic rings. The number of anilines is 1. The van der Waals surface area contributed by atoms with E-state index in [-0.39, 0.29) is 28.8 Å². The normalized spacial score (nSPS) is 20.4. The average molecular weight is 385 g/mol. The van der Waals surface area contributed by atoms with Gasteiger partial charge in [0.2, 0.25) is 15.9 Å². The molecule has 1 aliphatic carbocycles. The minimum atomic E-state index is -3.64. The number of carbonyl (C=O) groups is 1. The highest BCUT2D eigenvalue weighted by molar-refractivity contribution is 7.89. The quantitative estimate of drug-likeness (QED) is 0.859. The number of hydrogen-bond acceptors (Lipinski definition) is 3. The predicted octanol–water partition coefficient (Wildman–Crippen LogP) is 3.41. The van der Waals surface area contributed by atoms with E-state index in [0.29, 0.717) is 6.42 Å². The van der Waals surface area contributed by atoms with Crippen LogP contribution < -0.4 is 9.62 Å². The smallest absolute Gasteiger partial charge is 0.241 e. The molecule has 0 aromatic heterocycles. The number of nitrogens with zero attached hydrogens (tertiary/aromatic N) is 1. The molecule has 2 atom stereocenters. The Hall–Kier alpha value is -2.18. The van der Waals surface area contributed by atoms with Crippen LogP contribution in [-0.4, -0.2) is 20.4 Å². The van der Waals surface area contributed by atoms with Crippen LogP contribution in [-0.2, 0) is 21.2 Å². The lowest BCUT2D eigenvalue weighted by molar-refractivity contribution is -0.120. The first-order chi connectivity index (χ1) is 12.9. The van der Waals surface area contributed by atoms with Crippen molar-refractivity contribution >= 4 is 21.6 Å². The lowest BCUT2D eigenvalue weighted by Gasteiger charge is -2.22. The molecule has 4 rings (SSSR count). The average Bonchev–Trinajstić information content (AvgIpc) is 3.43. The molecule has 1 fully saturated rings. The van der Waals surface area contributed by atoms with E-state index in [1.54, 1.807) is 18.2 Å². The number of rotatable bonds is 5. The van der Waals surface area contributed by atoms with Crippen molar-refractivity contribution in [2.75, 3.05) is 4.90 Å². The van der Waals surface area contributed by atoms with E-state index in [1.807, 2.05) is 49.1 Å². The Bertz CT molecular complexity index is 968. The Labute approximate surface area is 160 Å². The highest BCUT2D eigenvalue weighted by atomic mass is 32.2. The van der Waals surface area contributed by atoms with Gasteiger partial charge in [-0.15, -0.1) is 0 Å². The first-order valence-electron chi connectivity index (χ1n) is 9.40. The summed E-state index contributed by atoms with van der Waals surface area (Å²) in [6.07, 6.45) is 2.61. The van der Waals surface area contributed by atoms with Crippen LogP contribution in [0.5, 0.6) is 0 Å².